The molecule has 0 N–H and O–H groups in total. The van der Waals surface area contributed by atoms with Crippen molar-refractivity contribution in [2.75, 3.05) is 13.2 Å². The summed E-state index contributed by atoms with van der Waals surface area (Å²) in [6.45, 7) is 0.665. The Morgan fingerprint density at radius 3 is 2.39 bits per heavy atom. The number of nitroso groups, excluding NO2 is 1. The van der Waals surface area contributed by atoms with Crippen LogP contribution in [0.25, 0.3) is 0 Å². The molecule has 2 aromatic carbocycles. The molecule has 0 aromatic heterocycles. The first kappa shape index (κ1) is 17.1. The number of ether oxygens (including phenoxy) is 2. The zero-order chi connectivity index (χ0) is 16.7. The average molecular weight is 342 g/mol. The first-order valence-corrected chi connectivity index (χ1v) is 7.31. The number of hydrogen-bond donors (Lipinski definition) is 0. The second-order valence-corrected chi connectivity index (χ2v) is 5.11. The van der Waals surface area contributed by atoms with Gasteiger partial charge in [-0.05, 0) is 25.0 Å². The molecular weight excluding hydrogens is 328 g/mol. The highest BCUT2D eigenvalue weighted by molar-refractivity contribution is 6.32. The second kappa shape index (κ2) is 8.43. The van der Waals surface area contributed by atoms with Crippen LogP contribution in [0, 0.1) is 16.5 Å². The molecule has 122 valence electrons. The smallest absolute Gasteiger partial charge is 0.138 e. The molecule has 0 spiro atoms. The van der Waals surface area contributed by atoms with Crippen molar-refractivity contribution >= 4 is 11.6 Å². The zero-order valence-electron chi connectivity index (χ0n) is 12.1. The minimum absolute atomic E-state index is 0.0357. The van der Waals surface area contributed by atoms with Crippen LogP contribution in [0.2, 0.25) is 5.02 Å². The Hall–Kier alpha value is -2.21. The molecular formula is C16H14ClF2NO3. The first-order chi connectivity index (χ1) is 11.1. The predicted molar refractivity (Wildman–Crippen MR) is 83.3 cm³/mol. The summed E-state index contributed by atoms with van der Waals surface area (Å²) in [7, 11) is 0. The SMILES string of the molecule is O=NCCCCOc1ccc(Oc2cc(F)cc(F)c2)cc1Cl. The lowest BCUT2D eigenvalue weighted by molar-refractivity contribution is 0.307. The van der Waals surface area contributed by atoms with E-state index in [4.69, 9.17) is 21.1 Å². The lowest BCUT2D eigenvalue weighted by atomic mass is 10.3. The van der Waals surface area contributed by atoms with Crippen molar-refractivity contribution in [1.82, 2.24) is 0 Å². The van der Waals surface area contributed by atoms with Crippen LogP contribution in [0.4, 0.5) is 8.78 Å². The number of unbranched alkanes of at least 4 members (excludes halogenated alkanes) is 1. The third-order valence-corrected chi connectivity index (χ3v) is 3.17. The van der Waals surface area contributed by atoms with E-state index in [1.165, 1.54) is 6.07 Å². The van der Waals surface area contributed by atoms with Crippen molar-refractivity contribution in [3.05, 3.63) is 58.0 Å². The van der Waals surface area contributed by atoms with Crippen molar-refractivity contribution in [3.8, 4) is 17.2 Å². The van der Waals surface area contributed by atoms with Crippen LogP contribution in [-0.4, -0.2) is 13.2 Å². The predicted octanol–water partition coefficient (Wildman–Crippen LogP) is 5.34. The van der Waals surface area contributed by atoms with Gasteiger partial charge in [-0.15, -0.1) is 0 Å². The van der Waals surface area contributed by atoms with Gasteiger partial charge in [-0.3, -0.25) is 0 Å². The van der Waals surface area contributed by atoms with E-state index in [0.29, 0.717) is 36.0 Å². The molecule has 0 aliphatic heterocycles. The molecule has 0 radical (unpaired) electrons. The summed E-state index contributed by atoms with van der Waals surface area (Å²) in [6, 6.07) is 7.58. The monoisotopic (exact) mass is 341 g/mol. The largest absolute Gasteiger partial charge is 0.492 e. The highest BCUT2D eigenvalue weighted by Gasteiger charge is 2.07. The Morgan fingerprint density at radius 1 is 1.00 bits per heavy atom. The maximum Gasteiger partial charge on any atom is 0.138 e. The summed E-state index contributed by atoms with van der Waals surface area (Å²) in [5, 5.41) is 3.07. The van der Waals surface area contributed by atoms with E-state index < -0.39 is 11.6 Å². The van der Waals surface area contributed by atoms with Gasteiger partial charge in [-0.1, -0.05) is 16.8 Å². The molecule has 0 atom stereocenters. The molecule has 0 amide bonds. The van der Waals surface area contributed by atoms with Gasteiger partial charge in [-0.25, -0.2) is 8.78 Å². The molecule has 2 aromatic rings. The molecule has 23 heavy (non-hydrogen) atoms. The second-order valence-electron chi connectivity index (χ2n) is 4.71. The fourth-order valence-corrected chi connectivity index (χ4v) is 2.07. The average Bonchev–Trinajstić information content (AvgIpc) is 2.48. The van der Waals surface area contributed by atoms with Gasteiger partial charge >= 0.3 is 0 Å². The van der Waals surface area contributed by atoms with Gasteiger partial charge in [0, 0.05) is 24.3 Å². The van der Waals surface area contributed by atoms with Crippen LogP contribution < -0.4 is 9.47 Å². The molecule has 0 unspecified atom stereocenters. The van der Waals surface area contributed by atoms with Gasteiger partial charge in [0.2, 0.25) is 0 Å². The Morgan fingerprint density at radius 2 is 1.74 bits per heavy atom. The quantitative estimate of drug-likeness (QED) is 0.481. The topological polar surface area (TPSA) is 47.9 Å². The highest BCUT2D eigenvalue weighted by Crippen LogP contribution is 2.31. The summed E-state index contributed by atoms with van der Waals surface area (Å²) in [6.07, 6.45) is 1.33. The van der Waals surface area contributed by atoms with Gasteiger partial charge in [0.15, 0.2) is 0 Å². The maximum absolute atomic E-state index is 13.1. The van der Waals surface area contributed by atoms with Crippen molar-refractivity contribution in [2.24, 2.45) is 5.18 Å². The first-order valence-electron chi connectivity index (χ1n) is 6.94. The Bertz CT molecular complexity index is 662. The third kappa shape index (κ3) is 5.49. The normalized spacial score (nSPS) is 10.4. The van der Waals surface area contributed by atoms with E-state index in [1.54, 1.807) is 12.1 Å². The Kier molecular flexibility index (Phi) is 6.29. The lowest BCUT2D eigenvalue weighted by Gasteiger charge is -2.10. The number of nitrogens with zero attached hydrogens (tertiary/aromatic N) is 1. The molecule has 2 rings (SSSR count). The van der Waals surface area contributed by atoms with Crippen LogP contribution in [0.3, 0.4) is 0 Å². The van der Waals surface area contributed by atoms with Gasteiger partial charge in [0.25, 0.3) is 0 Å². The number of hydrogen-bond acceptors (Lipinski definition) is 4. The molecule has 0 heterocycles. The molecule has 0 saturated heterocycles. The maximum atomic E-state index is 13.1. The third-order valence-electron chi connectivity index (χ3n) is 2.88. The highest BCUT2D eigenvalue weighted by atomic mass is 35.5. The minimum Gasteiger partial charge on any atom is -0.492 e. The number of rotatable bonds is 8. The van der Waals surface area contributed by atoms with Crippen molar-refractivity contribution in [1.29, 1.82) is 0 Å². The molecule has 0 bridgehead atoms. The van der Waals surface area contributed by atoms with E-state index in [1.807, 2.05) is 0 Å². The summed E-state index contributed by atoms with van der Waals surface area (Å²) in [4.78, 5) is 9.95. The molecule has 0 aliphatic rings. The fraction of sp³-hybridized carbons (Fsp3) is 0.250. The van der Waals surface area contributed by atoms with E-state index in [0.717, 1.165) is 18.2 Å². The molecule has 7 heteroatoms. The van der Waals surface area contributed by atoms with E-state index in [-0.39, 0.29) is 12.3 Å². The molecule has 4 nitrogen and oxygen atoms in total. The zero-order valence-corrected chi connectivity index (χ0v) is 12.9. The standard InChI is InChI=1S/C16H14ClF2NO3/c17-15-10-13(23-14-8-11(18)7-12(19)9-14)3-4-16(15)22-6-2-1-5-20-21/h3-4,7-10H,1-2,5-6H2. The summed E-state index contributed by atoms with van der Waals surface area (Å²) < 4.78 is 37.1. The van der Waals surface area contributed by atoms with E-state index >= 15 is 0 Å². The molecule has 0 fully saturated rings. The summed E-state index contributed by atoms with van der Waals surface area (Å²) in [5.74, 6) is -0.624. The van der Waals surface area contributed by atoms with Crippen molar-refractivity contribution < 1.29 is 18.3 Å². The van der Waals surface area contributed by atoms with Crippen LogP contribution in [0.1, 0.15) is 12.8 Å². The Labute approximate surface area is 137 Å². The number of benzene rings is 2. The van der Waals surface area contributed by atoms with Gasteiger partial charge in [-0.2, -0.15) is 4.91 Å². The Balaban J connectivity index is 1.97. The molecule has 0 aliphatic carbocycles. The molecule has 0 saturated carbocycles. The van der Waals surface area contributed by atoms with Crippen LogP contribution in [-0.2, 0) is 0 Å². The van der Waals surface area contributed by atoms with Crippen molar-refractivity contribution in [2.45, 2.75) is 12.8 Å². The lowest BCUT2D eigenvalue weighted by Crippen LogP contribution is -1.98. The van der Waals surface area contributed by atoms with Crippen LogP contribution in [0.5, 0.6) is 17.2 Å². The minimum atomic E-state index is -0.726. The summed E-state index contributed by atoms with van der Waals surface area (Å²) >= 11 is 6.08. The van der Waals surface area contributed by atoms with Crippen LogP contribution in [0.15, 0.2) is 41.6 Å². The summed E-state index contributed by atoms with van der Waals surface area (Å²) in [5.41, 5.74) is 0. The van der Waals surface area contributed by atoms with E-state index in [2.05, 4.69) is 5.18 Å². The number of halogens is 3. The van der Waals surface area contributed by atoms with Gasteiger partial charge in [0.05, 0.1) is 18.2 Å². The van der Waals surface area contributed by atoms with Gasteiger partial charge < -0.3 is 9.47 Å². The van der Waals surface area contributed by atoms with Crippen LogP contribution >= 0.6 is 11.6 Å². The van der Waals surface area contributed by atoms with Crippen molar-refractivity contribution in [3.63, 3.8) is 0 Å². The fourth-order valence-electron chi connectivity index (χ4n) is 1.85. The van der Waals surface area contributed by atoms with E-state index in [9.17, 15) is 13.7 Å². The van der Waals surface area contributed by atoms with Gasteiger partial charge in [0.1, 0.15) is 28.9 Å².